The fourth-order valence-corrected chi connectivity index (χ4v) is 5.02. The van der Waals surface area contributed by atoms with Crippen molar-refractivity contribution >= 4 is 0 Å². The molecule has 0 saturated carbocycles. The Hall–Kier alpha value is -4.24. The van der Waals surface area contributed by atoms with Crippen molar-refractivity contribution in [2.75, 3.05) is 0 Å². The van der Waals surface area contributed by atoms with Crippen LogP contribution in [0.15, 0.2) is 109 Å². The molecule has 0 aliphatic heterocycles. The number of hydrogen-bond donors (Lipinski definition) is 0. The molecule has 1 atom stereocenters. The lowest BCUT2D eigenvalue weighted by Gasteiger charge is -2.27. The van der Waals surface area contributed by atoms with Gasteiger partial charge in [-0.25, -0.2) is 4.98 Å². The van der Waals surface area contributed by atoms with E-state index in [2.05, 4.69) is 85.6 Å². The van der Waals surface area contributed by atoms with Crippen molar-refractivity contribution in [2.45, 2.75) is 19.3 Å². The first kappa shape index (κ1) is 20.4. The van der Waals surface area contributed by atoms with Crippen LogP contribution in [0, 0.1) is 6.92 Å². The number of aromatic nitrogens is 2. The summed E-state index contributed by atoms with van der Waals surface area (Å²) >= 11 is 0. The molecule has 1 unspecified atom stereocenters. The van der Waals surface area contributed by atoms with Crippen LogP contribution in [0.4, 0.5) is 0 Å². The lowest BCUT2D eigenvalue weighted by molar-refractivity contribution is 0.463. The predicted molar refractivity (Wildman–Crippen MR) is 136 cm³/mol. The lowest BCUT2D eigenvalue weighted by atomic mass is 9.76. The van der Waals surface area contributed by atoms with E-state index in [0.717, 1.165) is 22.6 Å². The Labute approximate surface area is 199 Å². The number of rotatable bonds is 4. The highest BCUT2D eigenvalue weighted by molar-refractivity contribution is 5.85. The topological polar surface area (TPSA) is 35.0 Å². The second kappa shape index (κ2) is 7.96. The van der Waals surface area contributed by atoms with E-state index in [1.54, 1.807) is 6.20 Å². The Kier molecular flexibility index (Phi) is 4.77. The summed E-state index contributed by atoms with van der Waals surface area (Å²) < 4.78 is 5.99. The van der Waals surface area contributed by atoms with Gasteiger partial charge in [0, 0.05) is 18.5 Å². The normalized spacial score (nSPS) is 16.1. The Morgan fingerprint density at radius 1 is 0.647 bits per heavy atom. The Morgan fingerprint density at radius 2 is 1.47 bits per heavy atom. The SMILES string of the molecule is Cc1ccnc(C2(C)c3ccccc3-c3ccc(-c4cccc(Oc5ccccn5)c4)cc32)c1. The molecule has 0 radical (unpaired) electrons. The van der Waals surface area contributed by atoms with Crippen molar-refractivity contribution in [3.63, 3.8) is 0 Å². The van der Waals surface area contributed by atoms with Crippen LogP contribution in [0.2, 0.25) is 0 Å². The van der Waals surface area contributed by atoms with Crippen LogP contribution in [0.3, 0.4) is 0 Å². The molecule has 3 nitrogen and oxygen atoms in total. The number of nitrogens with zero attached hydrogens (tertiary/aromatic N) is 2. The van der Waals surface area contributed by atoms with E-state index in [9.17, 15) is 0 Å². The minimum Gasteiger partial charge on any atom is -0.439 e. The Morgan fingerprint density at radius 3 is 2.32 bits per heavy atom. The molecule has 164 valence electrons. The molecule has 0 fully saturated rings. The van der Waals surface area contributed by atoms with Gasteiger partial charge in [0.15, 0.2) is 0 Å². The molecule has 2 heterocycles. The van der Waals surface area contributed by atoms with E-state index in [-0.39, 0.29) is 5.41 Å². The average molecular weight is 441 g/mol. The molecule has 0 saturated heterocycles. The standard InChI is InChI=1S/C31H24N2O/c1-21-15-17-32-29(18-21)31(2)27-11-4-3-10-25(27)26-14-13-23(20-28(26)31)22-8-7-9-24(19-22)34-30-12-5-6-16-33-30/h3-20H,1-2H3. The number of ether oxygens (including phenoxy) is 1. The van der Waals surface area contributed by atoms with Gasteiger partial charge in [-0.05, 0) is 89.2 Å². The summed E-state index contributed by atoms with van der Waals surface area (Å²) in [6, 6.07) is 33.6. The molecule has 5 aromatic rings. The number of pyridine rings is 2. The van der Waals surface area contributed by atoms with E-state index in [1.165, 1.54) is 27.8 Å². The van der Waals surface area contributed by atoms with Gasteiger partial charge in [-0.2, -0.15) is 0 Å². The molecule has 0 N–H and O–H groups in total. The van der Waals surface area contributed by atoms with Crippen LogP contribution >= 0.6 is 0 Å². The molecule has 3 aromatic carbocycles. The first-order valence-electron chi connectivity index (χ1n) is 11.5. The molecule has 34 heavy (non-hydrogen) atoms. The zero-order chi connectivity index (χ0) is 23.1. The molecular weight excluding hydrogens is 416 g/mol. The summed E-state index contributed by atoms with van der Waals surface area (Å²) in [6.45, 7) is 4.42. The van der Waals surface area contributed by atoms with Gasteiger partial charge in [0.2, 0.25) is 5.88 Å². The van der Waals surface area contributed by atoms with Crippen LogP contribution in [-0.4, -0.2) is 9.97 Å². The maximum atomic E-state index is 5.99. The second-order valence-electron chi connectivity index (χ2n) is 8.95. The monoisotopic (exact) mass is 440 g/mol. The minimum absolute atomic E-state index is 0.323. The third-order valence-corrected chi connectivity index (χ3v) is 6.77. The summed E-state index contributed by atoms with van der Waals surface area (Å²) in [4.78, 5) is 9.10. The number of hydrogen-bond acceptors (Lipinski definition) is 3. The largest absolute Gasteiger partial charge is 0.439 e. The molecule has 6 rings (SSSR count). The minimum atomic E-state index is -0.323. The van der Waals surface area contributed by atoms with Gasteiger partial charge in [-0.1, -0.05) is 54.6 Å². The Bertz CT molecular complexity index is 1510. The van der Waals surface area contributed by atoms with Gasteiger partial charge >= 0.3 is 0 Å². The number of benzene rings is 3. The second-order valence-corrected chi connectivity index (χ2v) is 8.95. The maximum Gasteiger partial charge on any atom is 0.219 e. The molecule has 1 aliphatic rings. The summed E-state index contributed by atoms with van der Waals surface area (Å²) in [6.07, 6.45) is 3.65. The highest BCUT2D eigenvalue weighted by atomic mass is 16.5. The van der Waals surface area contributed by atoms with E-state index in [0.29, 0.717) is 5.88 Å². The van der Waals surface area contributed by atoms with Gasteiger partial charge in [-0.15, -0.1) is 0 Å². The highest BCUT2D eigenvalue weighted by Gasteiger charge is 2.41. The molecular formula is C31H24N2O. The van der Waals surface area contributed by atoms with Crippen LogP contribution in [0.25, 0.3) is 22.3 Å². The number of fused-ring (bicyclic) bond motifs is 3. The zero-order valence-electron chi connectivity index (χ0n) is 19.2. The van der Waals surface area contributed by atoms with Crippen molar-refractivity contribution in [3.8, 4) is 33.9 Å². The Balaban J connectivity index is 1.47. The van der Waals surface area contributed by atoms with Gasteiger partial charge < -0.3 is 4.74 Å². The van der Waals surface area contributed by atoms with Crippen LogP contribution < -0.4 is 4.74 Å². The lowest BCUT2D eigenvalue weighted by Crippen LogP contribution is -2.24. The molecule has 0 spiro atoms. The highest BCUT2D eigenvalue weighted by Crippen LogP contribution is 2.52. The fraction of sp³-hybridized carbons (Fsp3) is 0.0968. The molecule has 0 amide bonds. The summed E-state index contributed by atoms with van der Waals surface area (Å²) in [5.74, 6) is 1.35. The van der Waals surface area contributed by atoms with E-state index in [1.807, 2.05) is 36.5 Å². The average Bonchev–Trinajstić information content (AvgIpc) is 3.14. The summed E-state index contributed by atoms with van der Waals surface area (Å²) in [5.41, 5.74) is 9.34. The molecule has 0 bridgehead atoms. The van der Waals surface area contributed by atoms with Crippen molar-refractivity contribution in [1.29, 1.82) is 0 Å². The van der Waals surface area contributed by atoms with Gasteiger partial charge in [-0.3, -0.25) is 4.98 Å². The first-order valence-corrected chi connectivity index (χ1v) is 11.5. The van der Waals surface area contributed by atoms with Crippen LogP contribution in [0.1, 0.15) is 29.3 Å². The first-order chi connectivity index (χ1) is 16.6. The van der Waals surface area contributed by atoms with Gasteiger partial charge in [0.1, 0.15) is 5.75 Å². The van der Waals surface area contributed by atoms with Gasteiger partial charge in [0.05, 0.1) is 11.1 Å². The third-order valence-electron chi connectivity index (χ3n) is 6.77. The number of aryl methyl sites for hydroxylation is 1. The smallest absolute Gasteiger partial charge is 0.219 e. The predicted octanol–water partition coefficient (Wildman–Crippen LogP) is 7.58. The van der Waals surface area contributed by atoms with Crippen molar-refractivity contribution in [3.05, 3.63) is 132 Å². The van der Waals surface area contributed by atoms with Crippen molar-refractivity contribution in [2.24, 2.45) is 0 Å². The molecule has 1 aliphatic carbocycles. The summed E-state index contributed by atoms with van der Waals surface area (Å²) in [5, 5.41) is 0. The van der Waals surface area contributed by atoms with Crippen molar-refractivity contribution < 1.29 is 4.74 Å². The fourth-order valence-electron chi connectivity index (χ4n) is 5.02. The quantitative estimate of drug-likeness (QED) is 0.289. The molecule has 2 aromatic heterocycles. The van der Waals surface area contributed by atoms with E-state index < -0.39 is 0 Å². The molecule has 3 heteroatoms. The summed E-state index contributed by atoms with van der Waals surface area (Å²) in [7, 11) is 0. The van der Waals surface area contributed by atoms with E-state index >= 15 is 0 Å². The van der Waals surface area contributed by atoms with E-state index in [4.69, 9.17) is 9.72 Å². The maximum absolute atomic E-state index is 5.99. The van der Waals surface area contributed by atoms with Gasteiger partial charge in [0.25, 0.3) is 0 Å². The third kappa shape index (κ3) is 3.29. The zero-order valence-corrected chi connectivity index (χ0v) is 19.2. The van der Waals surface area contributed by atoms with Crippen LogP contribution in [-0.2, 0) is 5.41 Å². The van der Waals surface area contributed by atoms with Crippen LogP contribution in [0.5, 0.6) is 11.6 Å². The van der Waals surface area contributed by atoms with Crippen molar-refractivity contribution in [1.82, 2.24) is 9.97 Å².